The van der Waals surface area contributed by atoms with Crippen molar-refractivity contribution in [3.05, 3.63) is 54.1 Å². The van der Waals surface area contributed by atoms with Crippen LogP contribution in [-0.2, 0) is 32.0 Å². The average molecular weight is 505 g/mol. The van der Waals surface area contributed by atoms with Crippen LogP contribution in [0.1, 0.15) is 25.1 Å². The van der Waals surface area contributed by atoms with E-state index in [0.29, 0.717) is 11.3 Å². The van der Waals surface area contributed by atoms with Crippen molar-refractivity contribution in [1.29, 1.82) is 0 Å². The monoisotopic (exact) mass is 504 g/mol. The maximum atomic E-state index is 13.0. The minimum absolute atomic E-state index is 0.0234. The first-order valence-corrected chi connectivity index (χ1v) is 11.3. The fraction of sp³-hybridized carbons (Fsp3) is 0.435. The summed E-state index contributed by atoms with van der Waals surface area (Å²) >= 11 is 0. The Kier molecular flexibility index (Phi) is 10.5. The molecule has 0 saturated heterocycles. The Hall–Kier alpha value is -3.81. The summed E-state index contributed by atoms with van der Waals surface area (Å²) in [7, 11) is 0. The third-order valence-electron chi connectivity index (χ3n) is 5.36. The first kappa shape index (κ1) is 28.4. The number of aromatic amines is 1. The number of imidazole rings is 1. The topological polar surface area (TPSA) is 220 Å². The molecule has 0 aliphatic carbocycles. The highest BCUT2D eigenvalue weighted by Crippen LogP contribution is 2.07. The predicted molar refractivity (Wildman–Crippen MR) is 127 cm³/mol. The molecule has 9 N–H and O–H groups in total. The van der Waals surface area contributed by atoms with Crippen molar-refractivity contribution in [2.45, 2.75) is 63.1 Å². The van der Waals surface area contributed by atoms with Gasteiger partial charge in [-0.15, -0.1) is 0 Å². The average Bonchev–Trinajstić information content (AvgIpc) is 3.33. The standard InChI is InChI=1S/C23H32N6O7/c1-12(30)18(28-20(32)16(24)9-15-10-25-11-26-15)22(34)27-17(8-14-6-4-3-5-7-14)21(33)29-19(13(2)31)23(35)36/h3-7,10-13,16-19,30-31H,8-9,24H2,1-2H3,(H,25,26)(H,27,34)(H,28,32)(H,29,33)(H,35,36). The highest BCUT2D eigenvalue weighted by Gasteiger charge is 2.33. The van der Waals surface area contributed by atoms with E-state index in [1.165, 1.54) is 26.4 Å². The summed E-state index contributed by atoms with van der Waals surface area (Å²) < 4.78 is 0. The van der Waals surface area contributed by atoms with Gasteiger partial charge in [-0.1, -0.05) is 30.3 Å². The lowest BCUT2D eigenvalue weighted by atomic mass is 10.0. The van der Waals surface area contributed by atoms with Crippen LogP contribution in [-0.4, -0.2) is 85.4 Å². The van der Waals surface area contributed by atoms with Crippen LogP contribution in [0.25, 0.3) is 0 Å². The van der Waals surface area contributed by atoms with E-state index in [1.54, 1.807) is 30.3 Å². The minimum Gasteiger partial charge on any atom is -0.480 e. The van der Waals surface area contributed by atoms with Crippen molar-refractivity contribution in [2.24, 2.45) is 5.73 Å². The second-order valence-corrected chi connectivity index (χ2v) is 8.43. The van der Waals surface area contributed by atoms with Crippen molar-refractivity contribution >= 4 is 23.7 Å². The van der Waals surface area contributed by atoms with Crippen LogP contribution in [0.2, 0.25) is 0 Å². The molecule has 3 amide bonds. The van der Waals surface area contributed by atoms with Gasteiger partial charge in [0.1, 0.15) is 12.1 Å². The highest BCUT2D eigenvalue weighted by atomic mass is 16.4. The zero-order valence-corrected chi connectivity index (χ0v) is 19.9. The summed E-state index contributed by atoms with van der Waals surface area (Å²) in [4.78, 5) is 56.6. The molecule has 1 heterocycles. The van der Waals surface area contributed by atoms with E-state index in [1.807, 2.05) is 0 Å². The molecule has 36 heavy (non-hydrogen) atoms. The number of H-pyrrole nitrogens is 1. The highest BCUT2D eigenvalue weighted by molar-refractivity contribution is 5.94. The van der Waals surface area contributed by atoms with Gasteiger partial charge in [0.2, 0.25) is 17.7 Å². The number of nitrogens with one attached hydrogen (secondary N) is 4. The summed E-state index contributed by atoms with van der Waals surface area (Å²) in [6, 6.07) is 3.22. The number of rotatable bonds is 13. The summed E-state index contributed by atoms with van der Waals surface area (Å²) in [6.45, 7) is 2.49. The fourth-order valence-corrected chi connectivity index (χ4v) is 3.35. The smallest absolute Gasteiger partial charge is 0.328 e. The molecule has 0 saturated carbocycles. The maximum Gasteiger partial charge on any atom is 0.328 e. The van der Waals surface area contributed by atoms with E-state index >= 15 is 0 Å². The number of amides is 3. The Balaban J connectivity index is 2.17. The number of carboxylic acid groups (broad SMARTS) is 1. The SMILES string of the molecule is CC(O)C(NC(=O)C(Cc1ccccc1)NC(=O)C(NC(=O)C(N)Cc1cnc[nH]1)C(C)O)C(=O)O. The summed E-state index contributed by atoms with van der Waals surface area (Å²) in [5.41, 5.74) is 7.16. The van der Waals surface area contributed by atoms with Gasteiger partial charge >= 0.3 is 5.97 Å². The number of aliphatic carboxylic acids is 1. The quantitative estimate of drug-likeness (QED) is 0.148. The Labute approximate surface area is 207 Å². The molecule has 0 bridgehead atoms. The molecular formula is C23H32N6O7. The normalized spacial score (nSPS) is 16.0. The van der Waals surface area contributed by atoms with E-state index in [-0.39, 0.29) is 12.8 Å². The van der Waals surface area contributed by atoms with E-state index in [4.69, 9.17) is 5.73 Å². The van der Waals surface area contributed by atoms with Gasteiger partial charge in [-0.25, -0.2) is 9.78 Å². The third kappa shape index (κ3) is 8.45. The number of aliphatic hydroxyl groups excluding tert-OH is 2. The number of benzene rings is 1. The fourth-order valence-electron chi connectivity index (χ4n) is 3.35. The molecule has 196 valence electrons. The number of carboxylic acids is 1. The lowest BCUT2D eigenvalue weighted by Crippen LogP contribution is -2.61. The van der Waals surface area contributed by atoms with Crippen molar-refractivity contribution in [3.8, 4) is 0 Å². The van der Waals surface area contributed by atoms with Gasteiger partial charge in [0.25, 0.3) is 0 Å². The molecule has 2 aromatic rings. The third-order valence-corrected chi connectivity index (χ3v) is 5.36. The Bertz CT molecular complexity index is 1010. The van der Waals surface area contributed by atoms with Gasteiger partial charge in [0.15, 0.2) is 6.04 Å². The van der Waals surface area contributed by atoms with Gasteiger partial charge in [0.05, 0.1) is 24.6 Å². The van der Waals surface area contributed by atoms with Gasteiger partial charge in [-0.3, -0.25) is 14.4 Å². The molecule has 13 heteroatoms. The molecule has 0 aliphatic heterocycles. The molecule has 1 aromatic carbocycles. The molecule has 0 aliphatic rings. The number of nitrogens with zero attached hydrogens (tertiary/aromatic N) is 1. The zero-order chi connectivity index (χ0) is 26.8. The lowest BCUT2D eigenvalue weighted by molar-refractivity contribution is -0.145. The number of carbonyl (C=O) groups excluding carboxylic acids is 3. The van der Waals surface area contributed by atoms with E-state index < -0.39 is 60.1 Å². The molecule has 0 radical (unpaired) electrons. The van der Waals surface area contributed by atoms with Crippen LogP contribution in [0, 0.1) is 0 Å². The van der Waals surface area contributed by atoms with Crippen molar-refractivity contribution in [3.63, 3.8) is 0 Å². The Morgan fingerprint density at radius 2 is 1.53 bits per heavy atom. The largest absolute Gasteiger partial charge is 0.480 e. The number of hydrogen-bond donors (Lipinski definition) is 8. The van der Waals surface area contributed by atoms with Crippen LogP contribution < -0.4 is 21.7 Å². The zero-order valence-electron chi connectivity index (χ0n) is 19.9. The van der Waals surface area contributed by atoms with E-state index in [9.17, 15) is 34.5 Å². The van der Waals surface area contributed by atoms with Crippen LogP contribution in [0.4, 0.5) is 0 Å². The molecule has 1 aromatic heterocycles. The molecule has 2 rings (SSSR count). The van der Waals surface area contributed by atoms with Gasteiger partial charge < -0.3 is 42.0 Å². The number of carbonyl (C=O) groups is 4. The molecular weight excluding hydrogens is 472 g/mol. The lowest BCUT2D eigenvalue weighted by Gasteiger charge is -2.27. The van der Waals surface area contributed by atoms with Crippen molar-refractivity contribution in [2.75, 3.05) is 0 Å². The van der Waals surface area contributed by atoms with Gasteiger partial charge in [-0.05, 0) is 19.4 Å². The van der Waals surface area contributed by atoms with Crippen LogP contribution in [0.5, 0.6) is 0 Å². The van der Waals surface area contributed by atoms with E-state index in [0.717, 1.165) is 0 Å². The molecule has 0 fully saturated rings. The second kappa shape index (κ2) is 13.3. The maximum absolute atomic E-state index is 13.0. The summed E-state index contributed by atoms with van der Waals surface area (Å²) in [5.74, 6) is -3.92. The summed E-state index contributed by atoms with van der Waals surface area (Å²) in [5, 5.41) is 36.2. The van der Waals surface area contributed by atoms with E-state index in [2.05, 4.69) is 25.9 Å². The van der Waals surface area contributed by atoms with Crippen molar-refractivity contribution in [1.82, 2.24) is 25.9 Å². The number of aliphatic hydroxyl groups is 2. The molecule has 13 nitrogen and oxygen atoms in total. The first-order valence-electron chi connectivity index (χ1n) is 11.3. The number of hydrogen-bond acceptors (Lipinski definition) is 8. The van der Waals surface area contributed by atoms with Crippen LogP contribution >= 0.6 is 0 Å². The molecule has 0 spiro atoms. The summed E-state index contributed by atoms with van der Waals surface area (Å²) in [6.07, 6.45) is 0.255. The Morgan fingerprint density at radius 3 is 2.06 bits per heavy atom. The Morgan fingerprint density at radius 1 is 0.917 bits per heavy atom. The van der Waals surface area contributed by atoms with Gasteiger partial charge in [-0.2, -0.15) is 0 Å². The van der Waals surface area contributed by atoms with Gasteiger partial charge in [0, 0.05) is 24.7 Å². The predicted octanol–water partition coefficient (Wildman–Crippen LogP) is -2.18. The van der Waals surface area contributed by atoms with Crippen LogP contribution in [0.3, 0.4) is 0 Å². The number of nitrogens with two attached hydrogens (primary N) is 1. The van der Waals surface area contributed by atoms with Crippen LogP contribution in [0.15, 0.2) is 42.9 Å². The van der Waals surface area contributed by atoms with Crippen molar-refractivity contribution < 1.29 is 34.5 Å². The number of aromatic nitrogens is 2. The first-order chi connectivity index (χ1) is 17.0. The minimum atomic E-state index is -1.61. The second-order valence-electron chi connectivity index (χ2n) is 8.43. The molecule has 6 unspecified atom stereocenters. The molecule has 6 atom stereocenters.